The van der Waals surface area contributed by atoms with Gasteiger partial charge in [0, 0.05) is 23.5 Å². The average molecular weight is 530 g/mol. The number of carbonyl (C=O) groups is 2. The largest absolute Gasteiger partial charge is 0.478 e. The molecule has 6 rings (SSSR count). The number of rotatable bonds is 6. The molecule has 1 fully saturated rings. The van der Waals surface area contributed by atoms with Gasteiger partial charge in [0.25, 0.3) is 0 Å². The lowest BCUT2D eigenvalue weighted by atomic mass is 10.0. The number of aromatic carboxylic acids is 2. The summed E-state index contributed by atoms with van der Waals surface area (Å²) in [5.74, 6) is -0.423. The molecule has 38 heavy (non-hydrogen) atoms. The number of furan rings is 1. The third-order valence-corrected chi connectivity index (χ3v) is 6.68. The number of nitrogens with one attached hydrogen (secondary N) is 1. The first-order chi connectivity index (χ1) is 18.4. The fourth-order valence-corrected chi connectivity index (χ4v) is 4.99. The summed E-state index contributed by atoms with van der Waals surface area (Å²) in [6.07, 6.45) is 1.69. The summed E-state index contributed by atoms with van der Waals surface area (Å²) in [5.41, 5.74) is 1.49. The maximum absolute atomic E-state index is 11.6. The van der Waals surface area contributed by atoms with Gasteiger partial charge < -0.3 is 34.3 Å². The molecule has 4 aromatic rings. The van der Waals surface area contributed by atoms with E-state index in [4.69, 9.17) is 26.1 Å². The number of hydrogen-bond acceptors (Lipinski definition) is 7. The summed E-state index contributed by atoms with van der Waals surface area (Å²) >= 11 is 5.74. The van der Waals surface area contributed by atoms with E-state index in [2.05, 4.69) is 10.3 Å². The van der Waals surface area contributed by atoms with E-state index in [9.17, 15) is 19.8 Å². The van der Waals surface area contributed by atoms with Gasteiger partial charge in [0.15, 0.2) is 16.6 Å². The Labute approximate surface area is 221 Å². The summed E-state index contributed by atoms with van der Waals surface area (Å²) < 4.78 is 17.3. The Morgan fingerprint density at radius 1 is 0.947 bits per heavy atom. The molecule has 2 aromatic heterocycles. The predicted octanol–water partition coefficient (Wildman–Crippen LogP) is 4.64. The van der Waals surface area contributed by atoms with Crippen LogP contribution in [0.2, 0.25) is 0 Å². The quantitative estimate of drug-likeness (QED) is 0.301. The van der Waals surface area contributed by atoms with Crippen LogP contribution in [-0.2, 0) is 0 Å². The molecule has 2 aliphatic heterocycles. The summed E-state index contributed by atoms with van der Waals surface area (Å²) in [6, 6.07) is 17.5. The minimum Gasteiger partial charge on any atom is -0.478 e. The van der Waals surface area contributed by atoms with Gasteiger partial charge >= 0.3 is 11.9 Å². The van der Waals surface area contributed by atoms with E-state index in [1.165, 1.54) is 12.1 Å². The number of carboxylic acid groups (broad SMARTS) is 2. The Hall–Kier alpha value is -4.90. The number of nitrogens with zero attached hydrogens (tertiary/aromatic N) is 2. The normalized spacial score (nSPS) is 17.9. The van der Waals surface area contributed by atoms with Crippen molar-refractivity contribution in [1.29, 1.82) is 0 Å². The number of anilines is 1. The first kappa shape index (κ1) is 23.5. The van der Waals surface area contributed by atoms with Crippen molar-refractivity contribution in [2.24, 2.45) is 0 Å². The standard InChI is InChI=1S/C27H19N3O7S/c31-25(32)15-9-14(10-16(11-15)26(33)34)19-6-7-21(37-19)24-23(18-3-1-2-8-28-18)29-27(38)30(24)17-4-5-20-22(12-17)36-13-35-20/h1-12,23-24H,13H2,(H,29,38)(H,31,32)(H,33,34)/t23-,24+/m0/s1. The van der Waals surface area contributed by atoms with Crippen molar-refractivity contribution in [3.8, 4) is 22.8 Å². The summed E-state index contributed by atoms with van der Waals surface area (Å²) in [6.45, 7) is 0.136. The molecule has 0 radical (unpaired) electrons. The highest BCUT2D eigenvalue weighted by Crippen LogP contribution is 2.45. The van der Waals surface area contributed by atoms with Gasteiger partial charge in [-0.2, -0.15) is 0 Å². The number of fused-ring (bicyclic) bond motifs is 1. The first-order valence-corrected chi connectivity index (χ1v) is 11.9. The lowest BCUT2D eigenvalue weighted by Gasteiger charge is -2.26. The first-order valence-electron chi connectivity index (χ1n) is 11.5. The number of benzene rings is 2. The molecule has 3 N–H and O–H groups in total. The van der Waals surface area contributed by atoms with Crippen molar-refractivity contribution in [2.45, 2.75) is 12.1 Å². The molecule has 10 nitrogen and oxygen atoms in total. The van der Waals surface area contributed by atoms with Gasteiger partial charge in [0.05, 0.1) is 22.9 Å². The van der Waals surface area contributed by atoms with E-state index in [1.54, 1.807) is 18.3 Å². The molecule has 0 spiro atoms. The maximum Gasteiger partial charge on any atom is 0.335 e. The van der Waals surface area contributed by atoms with E-state index in [0.717, 1.165) is 17.4 Å². The molecule has 0 amide bonds. The van der Waals surface area contributed by atoms with Crippen molar-refractivity contribution in [2.75, 3.05) is 11.7 Å². The average Bonchev–Trinajstić information content (AvgIpc) is 3.66. The topological polar surface area (TPSA) is 134 Å². The second kappa shape index (κ2) is 9.20. The van der Waals surface area contributed by atoms with E-state index in [-0.39, 0.29) is 24.0 Å². The van der Waals surface area contributed by atoms with Crippen LogP contribution in [0.4, 0.5) is 5.69 Å². The zero-order chi connectivity index (χ0) is 26.4. The van der Waals surface area contributed by atoms with Crippen molar-refractivity contribution >= 4 is 35.0 Å². The highest BCUT2D eigenvalue weighted by Gasteiger charge is 2.43. The third-order valence-electron chi connectivity index (χ3n) is 6.36. The fourth-order valence-electron chi connectivity index (χ4n) is 4.64. The lowest BCUT2D eigenvalue weighted by molar-refractivity contribution is 0.0696. The number of aromatic nitrogens is 1. The molecule has 2 atom stereocenters. The van der Waals surface area contributed by atoms with E-state index in [0.29, 0.717) is 33.7 Å². The van der Waals surface area contributed by atoms with Crippen LogP contribution in [-0.4, -0.2) is 39.0 Å². The Kier molecular flexibility index (Phi) is 5.69. The van der Waals surface area contributed by atoms with E-state index in [1.807, 2.05) is 41.3 Å². The zero-order valence-corrected chi connectivity index (χ0v) is 20.3. The van der Waals surface area contributed by atoms with Gasteiger partial charge in [-0.25, -0.2) is 9.59 Å². The SMILES string of the molecule is O=C(O)c1cc(C(=O)O)cc(-c2ccc([C@@H]3[C@H](c4ccccn4)NC(=S)N3c3ccc4c(c3)OCO4)o2)c1. The van der Waals surface area contributed by atoms with E-state index < -0.39 is 18.0 Å². The lowest BCUT2D eigenvalue weighted by Crippen LogP contribution is -2.29. The second-order valence-corrected chi connectivity index (χ2v) is 9.03. The van der Waals surface area contributed by atoms with Crippen LogP contribution in [0.3, 0.4) is 0 Å². The van der Waals surface area contributed by atoms with Crippen LogP contribution in [0.5, 0.6) is 11.5 Å². The van der Waals surface area contributed by atoms with Crippen molar-refractivity contribution < 1.29 is 33.7 Å². The third kappa shape index (κ3) is 4.08. The molecule has 1 saturated heterocycles. The number of carboxylic acids is 2. The number of pyridine rings is 1. The molecule has 0 aliphatic carbocycles. The van der Waals surface area contributed by atoms with Gasteiger partial charge in [-0.15, -0.1) is 0 Å². The number of ether oxygens (including phenoxy) is 2. The van der Waals surface area contributed by atoms with Crippen molar-refractivity contribution in [3.05, 3.63) is 95.5 Å². The van der Waals surface area contributed by atoms with Gasteiger partial charge in [-0.1, -0.05) is 6.07 Å². The number of hydrogen-bond donors (Lipinski definition) is 3. The summed E-state index contributed by atoms with van der Waals surface area (Å²) in [7, 11) is 0. The second-order valence-electron chi connectivity index (χ2n) is 8.65. The molecule has 0 unspecified atom stereocenters. The molecule has 2 aromatic carbocycles. The predicted molar refractivity (Wildman–Crippen MR) is 139 cm³/mol. The van der Waals surface area contributed by atoms with Crippen LogP contribution in [0.1, 0.15) is 44.3 Å². The molecule has 190 valence electrons. The van der Waals surface area contributed by atoms with Crippen molar-refractivity contribution in [3.63, 3.8) is 0 Å². The van der Waals surface area contributed by atoms with Gasteiger partial charge in [-0.05, 0) is 66.8 Å². The Balaban J connectivity index is 1.45. The highest BCUT2D eigenvalue weighted by molar-refractivity contribution is 7.80. The Bertz CT molecular complexity index is 1550. The molecule has 0 saturated carbocycles. The van der Waals surface area contributed by atoms with Crippen LogP contribution < -0.4 is 19.7 Å². The maximum atomic E-state index is 11.6. The smallest absolute Gasteiger partial charge is 0.335 e. The molecule has 2 aliphatic rings. The van der Waals surface area contributed by atoms with Gasteiger partial charge in [0.1, 0.15) is 17.6 Å². The minimum atomic E-state index is -1.24. The van der Waals surface area contributed by atoms with Crippen LogP contribution in [0.15, 0.2) is 77.3 Å². The number of thiocarbonyl (C=S) groups is 1. The molecule has 0 bridgehead atoms. The van der Waals surface area contributed by atoms with E-state index >= 15 is 0 Å². The molecule has 11 heteroatoms. The van der Waals surface area contributed by atoms with Gasteiger partial charge in [-0.3, -0.25) is 4.98 Å². The highest BCUT2D eigenvalue weighted by atomic mass is 32.1. The summed E-state index contributed by atoms with van der Waals surface area (Å²) in [5, 5.41) is 22.7. The minimum absolute atomic E-state index is 0.136. The molecule has 4 heterocycles. The van der Waals surface area contributed by atoms with Crippen LogP contribution >= 0.6 is 12.2 Å². The van der Waals surface area contributed by atoms with Crippen molar-refractivity contribution in [1.82, 2.24) is 10.3 Å². The zero-order valence-electron chi connectivity index (χ0n) is 19.5. The Morgan fingerprint density at radius 3 is 2.42 bits per heavy atom. The van der Waals surface area contributed by atoms with Gasteiger partial charge in [0.2, 0.25) is 6.79 Å². The van der Waals surface area contributed by atoms with Crippen LogP contribution in [0, 0.1) is 0 Å². The summed E-state index contributed by atoms with van der Waals surface area (Å²) in [4.78, 5) is 29.6. The monoisotopic (exact) mass is 529 g/mol. The fraction of sp³-hybridized carbons (Fsp3) is 0.111. The van der Waals surface area contributed by atoms with Crippen LogP contribution in [0.25, 0.3) is 11.3 Å². The molecular weight excluding hydrogens is 510 g/mol. The molecular formula is C27H19N3O7S. The Morgan fingerprint density at radius 2 is 1.71 bits per heavy atom.